The Balaban J connectivity index is 1.25. The average Bonchev–Trinajstić information content (AvgIpc) is 3.31. The van der Waals surface area contributed by atoms with Crippen LogP contribution >= 0.6 is 23.6 Å². The van der Waals surface area contributed by atoms with Gasteiger partial charge in [-0.15, -0.1) is 11.3 Å². The third kappa shape index (κ3) is 5.44. The Labute approximate surface area is 186 Å². The molecule has 0 bridgehead atoms. The lowest BCUT2D eigenvalue weighted by atomic mass is 10.2. The van der Waals surface area contributed by atoms with Gasteiger partial charge in [-0.3, -0.25) is 15.0 Å². The molecule has 30 heavy (non-hydrogen) atoms. The van der Waals surface area contributed by atoms with Crippen LogP contribution in [0.2, 0.25) is 0 Å². The zero-order valence-electron chi connectivity index (χ0n) is 16.6. The fraction of sp³-hybridized carbons (Fsp3) is 0.217. The molecule has 2 aromatic carbocycles. The Hall–Kier alpha value is -2.74. The third-order valence-electron chi connectivity index (χ3n) is 5.08. The quantitative estimate of drug-likeness (QED) is 0.587. The number of hydrogen-bond acceptors (Lipinski definition) is 5. The lowest BCUT2D eigenvalue weighted by molar-refractivity contribution is 0.0981. The minimum absolute atomic E-state index is 0.188. The molecule has 1 aromatic heterocycles. The number of benzene rings is 2. The zero-order valence-corrected chi connectivity index (χ0v) is 18.2. The molecule has 0 atom stereocenters. The van der Waals surface area contributed by atoms with E-state index in [4.69, 9.17) is 12.2 Å². The van der Waals surface area contributed by atoms with Gasteiger partial charge in [0, 0.05) is 44.1 Å². The minimum Gasteiger partial charge on any atom is -0.369 e. The van der Waals surface area contributed by atoms with Crippen molar-refractivity contribution in [2.45, 2.75) is 6.54 Å². The van der Waals surface area contributed by atoms with Crippen LogP contribution in [0, 0.1) is 0 Å². The molecule has 7 heteroatoms. The van der Waals surface area contributed by atoms with Crippen LogP contribution in [0.3, 0.4) is 0 Å². The first-order valence-corrected chi connectivity index (χ1v) is 11.2. The summed E-state index contributed by atoms with van der Waals surface area (Å²) >= 11 is 6.65. The SMILES string of the molecule is O=C(NC(=S)Nc1ccc(N2CCN(Cc3ccccc3)CC2)cc1)c1cccs1. The van der Waals surface area contributed by atoms with Gasteiger partial charge < -0.3 is 10.2 Å². The number of carbonyl (C=O) groups is 1. The molecule has 0 saturated carbocycles. The van der Waals surface area contributed by atoms with Crippen LogP contribution in [0.15, 0.2) is 72.1 Å². The molecule has 1 aliphatic heterocycles. The molecule has 0 radical (unpaired) electrons. The predicted octanol–water partition coefficient (Wildman–Crippen LogP) is 4.20. The molecule has 0 unspecified atom stereocenters. The van der Waals surface area contributed by atoms with Gasteiger partial charge in [0.05, 0.1) is 4.88 Å². The van der Waals surface area contributed by atoms with E-state index in [0.717, 1.165) is 38.4 Å². The molecule has 4 rings (SSSR count). The molecule has 0 spiro atoms. The molecule has 2 N–H and O–H groups in total. The number of piperazine rings is 1. The third-order valence-corrected chi connectivity index (χ3v) is 6.16. The second-order valence-electron chi connectivity index (χ2n) is 7.18. The van der Waals surface area contributed by atoms with Gasteiger partial charge in [-0.25, -0.2) is 0 Å². The van der Waals surface area contributed by atoms with Crippen molar-refractivity contribution in [1.29, 1.82) is 0 Å². The molecule has 1 fully saturated rings. The van der Waals surface area contributed by atoms with E-state index >= 15 is 0 Å². The van der Waals surface area contributed by atoms with Crippen LogP contribution in [0.4, 0.5) is 11.4 Å². The van der Waals surface area contributed by atoms with E-state index in [2.05, 4.69) is 62.9 Å². The maximum atomic E-state index is 12.1. The van der Waals surface area contributed by atoms with E-state index in [1.165, 1.54) is 22.6 Å². The molecule has 1 aliphatic rings. The molecule has 1 saturated heterocycles. The smallest absolute Gasteiger partial charge is 0.267 e. The van der Waals surface area contributed by atoms with E-state index < -0.39 is 0 Å². The van der Waals surface area contributed by atoms with Crippen LogP contribution in [0.5, 0.6) is 0 Å². The maximum Gasteiger partial charge on any atom is 0.267 e. The summed E-state index contributed by atoms with van der Waals surface area (Å²) in [6, 6.07) is 22.4. The number of thiophene rings is 1. The van der Waals surface area contributed by atoms with Gasteiger partial charge in [0.25, 0.3) is 5.91 Å². The lowest BCUT2D eigenvalue weighted by Crippen LogP contribution is -2.45. The first-order chi connectivity index (χ1) is 14.7. The van der Waals surface area contributed by atoms with E-state index in [1.807, 2.05) is 23.6 Å². The Morgan fingerprint density at radius 1 is 0.933 bits per heavy atom. The van der Waals surface area contributed by atoms with Gasteiger partial charge in [0.15, 0.2) is 5.11 Å². The van der Waals surface area contributed by atoms with E-state index in [1.54, 1.807) is 6.07 Å². The van der Waals surface area contributed by atoms with Gasteiger partial charge in [-0.2, -0.15) is 0 Å². The van der Waals surface area contributed by atoms with Crippen molar-refractivity contribution in [3.8, 4) is 0 Å². The fourth-order valence-electron chi connectivity index (χ4n) is 3.50. The summed E-state index contributed by atoms with van der Waals surface area (Å²) in [6.45, 7) is 5.12. The van der Waals surface area contributed by atoms with E-state index in [-0.39, 0.29) is 5.91 Å². The standard InChI is InChI=1S/C23H24N4OS2/c28-22(21-7-4-16-30-21)25-23(29)24-19-8-10-20(11-9-19)27-14-12-26(13-15-27)17-18-5-2-1-3-6-18/h1-11,16H,12-15,17H2,(H2,24,25,28,29). The van der Waals surface area contributed by atoms with Crippen molar-refractivity contribution < 1.29 is 4.79 Å². The first kappa shape index (κ1) is 20.5. The van der Waals surface area contributed by atoms with E-state index in [0.29, 0.717) is 9.99 Å². The summed E-state index contributed by atoms with van der Waals surface area (Å²) in [6.07, 6.45) is 0. The summed E-state index contributed by atoms with van der Waals surface area (Å²) in [5, 5.41) is 7.95. The molecule has 0 aliphatic carbocycles. The zero-order chi connectivity index (χ0) is 20.8. The Morgan fingerprint density at radius 3 is 2.33 bits per heavy atom. The number of thiocarbonyl (C=S) groups is 1. The highest BCUT2D eigenvalue weighted by Gasteiger charge is 2.17. The molecular weight excluding hydrogens is 412 g/mol. The predicted molar refractivity (Wildman–Crippen MR) is 128 cm³/mol. The molecule has 3 aromatic rings. The van der Waals surface area contributed by atoms with Crippen LogP contribution in [-0.4, -0.2) is 42.1 Å². The Bertz CT molecular complexity index is 966. The summed E-state index contributed by atoms with van der Waals surface area (Å²) in [7, 11) is 0. The van der Waals surface area contributed by atoms with Gasteiger partial charge in [0.1, 0.15) is 0 Å². The minimum atomic E-state index is -0.188. The van der Waals surface area contributed by atoms with Crippen molar-refractivity contribution in [2.24, 2.45) is 0 Å². The highest BCUT2D eigenvalue weighted by Crippen LogP contribution is 2.20. The number of hydrogen-bond donors (Lipinski definition) is 2. The van der Waals surface area contributed by atoms with Crippen LogP contribution in [-0.2, 0) is 6.54 Å². The summed E-state index contributed by atoms with van der Waals surface area (Å²) in [5.41, 5.74) is 3.43. The molecular formula is C23H24N4OS2. The summed E-state index contributed by atoms with van der Waals surface area (Å²) in [5.74, 6) is -0.188. The lowest BCUT2D eigenvalue weighted by Gasteiger charge is -2.36. The number of nitrogens with one attached hydrogen (secondary N) is 2. The fourth-order valence-corrected chi connectivity index (χ4v) is 4.33. The molecule has 2 heterocycles. The van der Waals surface area contributed by atoms with Crippen molar-refractivity contribution in [2.75, 3.05) is 36.4 Å². The highest BCUT2D eigenvalue weighted by molar-refractivity contribution is 7.80. The topological polar surface area (TPSA) is 47.6 Å². The second kappa shape index (κ2) is 9.84. The van der Waals surface area contributed by atoms with Gasteiger partial charge in [-0.05, 0) is 53.5 Å². The van der Waals surface area contributed by atoms with Crippen molar-refractivity contribution >= 4 is 45.9 Å². The van der Waals surface area contributed by atoms with Crippen LogP contribution in [0.1, 0.15) is 15.2 Å². The van der Waals surface area contributed by atoms with Crippen LogP contribution in [0.25, 0.3) is 0 Å². The largest absolute Gasteiger partial charge is 0.369 e. The van der Waals surface area contributed by atoms with Gasteiger partial charge in [0.2, 0.25) is 0 Å². The molecule has 154 valence electrons. The van der Waals surface area contributed by atoms with Crippen molar-refractivity contribution in [3.05, 3.63) is 82.6 Å². The number of carbonyl (C=O) groups excluding carboxylic acids is 1. The highest BCUT2D eigenvalue weighted by atomic mass is 32.1. The van der Waals surface area contributed by atoms with Gasteiger partial charge in [-0.1, -0.05) is 36.4 Å². The normalized spacial score (nSPS) is 14.3. The number of nitrogens with zero attached hydrogens (tertiary/aromatic N) is 2. The van der Waals surface area contributed by atoms with Crippen molar-refractivity contribution in [3.63, 3.8) is 0 Å². The number of anilines is 2. The van der Waals surface area contributed by atoms with Crippen molar-refractivity contribution in [1.82, 2.24) is 10.2 Å². The summed E-state index contributed by atoms with van der Waals surface area (Å²) < 4.78 is 0. The average molecular weight is 437 g/mol. The van der Waals surface area contributed by atoms with E-state index in [9.17, 15) is 4.79 Å². The number of amides is 1. The van der Waals surface area contributed by atoms with Crippen LogP contribution < -0.4 is 15.5 Å². The molecule has 1 amide bonds. The Kier molecular flexibility index (Phi) is 6.74. The Morgan fingerprint density at radius 2 is 1.67 bits per heavy atom. The van der Waals surface area contributed by atoms with Gasteiger partial charge >= 0.3 is 0 Å². The second-order valence-corrected chi connectivity index (χ2v) is 8.54. The summed E-state index contributed by atoms with van der Waals surface area (Å²) in [4.78, 5) is 17.6. The molecule has 5 nitrogen and oxygen atoms in total. The maximum absolute atomic E-state index is 12.1. The first-order valence-electron chi connectivity index (χ1n) is 9.94. The monoisotopic (exact) mass is 436 g/mol. The number of rotatable bonds is 5.